The van der Waals surface area contributed by atoms with Crippen molar-refractivity contribution in [2.24, 2.45) is 0 Å². The SMILES string of the molecule is C1=C[N-]c2c3c(ccc2=C1)=CC=C[N-]3.C1=C[N-]c2c3c(ccc2=C1)=CC=C[N-]3.C1=C[N-]c2c3c(ccc2=C1)=CC=C[N-]3.C1=C[N-]c2c3c(ccc2=C1)=CC=C[N-]3.CC(=CC(O)O)[c-]1cccc1.CC(=CC(O)O)[c-]1cccc1.[Cd].[Cd].[Fe].[Fe].c1cc[cH-]c1.c1cc[cH-]c1. The minimum Gasteiger partial charge on any atom is -0.665 e. The van der Waals surface area contributed by atoms with Crippen LogP contribution in [0.4, 0.5) is 45.5 Å². The van der Waals surface area contributed by atoms with Gasteiger partial charge in [0.25, 0.3) is 0 Å². The second kappa shape index (κ2) is 39.9. The fourth-order valence-corrected chi connectivity index (χ4v) is 9.27. The zero-order valence-corrected chi connectivity index (χ0v) is 60.9. The quantitative estimate of drug-likeness (QED) is 0.0774. The number of rotatable bonds is 4. The molecule has 0 fully saturated rings. The summed E-state index contributed by atoms with van der Waals surface area (Å²) in [6, 6.07) is 52.0. The van der Waals surface area contributed by atoms with Gasteiger partial charge in [-0.1, -0.05) is 172 Å². The van der Waals surface area contributed by atoms with Gasteiger partial charge >= 0.3 is 0 Å². The molecule has 0 saturated heterocycles. The number of hydrogen-bond acceptors (Lipinski definition) is 4. The van der Waals surface area contributed by atoms with Gasteiger partial charge in [0.2, 0.25) is 0 Å². The Morgan fingerprint density at radius 3 is 0.630 bits per heavy atom. The minimum absolute atomic E-state index is 0. The summed E-state index contributed by atoms with van der Waals surface area (Å²) >= 11 is 0. The van der Waals surface area contributed by atoms with Crippen LogP contribution >= 0.6 is 0 Å². The van der Waals surface area contributed by atoms with Crippen LogP contribution in [0.25, 0.3) is 102 Å². The number of benzene rings is 4. The van der Waals surface area contributed by atoms with Crippen LogP contribution in [0.3, 0.4) is 0 Å². The molecule has 0 atom stereocenters. The van der Waals surface area contributed by atoms with Crippen molar-refractivity contribution < 1.29 is 109 Å². The van der Waals surface area contributed by atoms with E-state index in [0.717, 1.165) is 110 Å². The van der Waals surface area contributed by atoms with Crippen molar-refractivity contribution in [3.05, 3.63) is 363 Å². The molecule has 0 amide bonds. The van der Waals surface area contributed by atoms with Gasteiger partial charge in [-0.25, -0.2) is 24.3 Å². The Morgan fingerprint density at radius 1 is 0.315 bits per heavy atom. The standard InChI is InChI=1S/4C12H8N2.2C9H11O2.2C5H5.2Cd.2Fe/c4*1-3-9-5-6-10-4-2-8-14-12(10)11(9)13-7-1;2*1-7(6-9(10)11)8-4-2-3-5-8;2*1-2-4-5-3-1;;;;/h4*1-8H;2*2-6,9-11H,1H3;2*1-5H;;;;/q4*-2;4*-1;;;;. The molecule has 0 spiro atoms. The molecular weight excluding hydrogens is 1430 g/mol. The summed E-state index contributed by atoms with van der Waals surface area (Å²) in [4.78, 5) is 0. The van der Waals surface area contributed by atoms with E-state index in [-0.39, 0.29) is 88.7 Å². The van der Waals surface area contributed by atoms with Gasteiger partial charge in [0.1, 0.15) is 12.6 Å². The van der Waals surface area contributed by atoms with E-state index in [0.29, 0.717) is 0 Å². The van der Waals surface area contributed by atoms with Gasteiger partial charge in [-0.3, -0.25) is 0 Å². The van der Waals surface area contributed by atoms with E-state index in [1.807, 2.05) is 172 Å². The molecule has 92 heavy (non-hydrogen) atoms. The van der Waals surface area contributed by atoms with Crippen LogP contribution in [-0.4, -0.2) is 33.0 Å². The molecule has 8 aromatic rings. The van der Waals surface area contributed by atoms with Crippen molar-refractivity contribution in [1.82, 2.24) is 0 Å². The molecule has 0 aromatic heterocycles. The van der Waals surface area contributed by atoms with E-state index < -0.39 is 12.6 Å². The van der Waals surface area contributed by atoms with Crippen molar-refractivity contribution >= 4 is 105 Å². The molecule has 16 heteroatoms. The van der Waals surface area contributed by atoms with Crippen LogP contribution in [-0.2, 0) is 88.7 Å². The van der Waals surface area contributed by atoms with Gasteiger partial charge in [-0.15, -0.1) is 92.0 Å². The maximum atomic E-state index is 8.60. The van der Waals surface area contributed by atoms with Gasteiger partial charge in [-0.2, -0.15) is 110 Å². The van der Waals surface area contributed by atoms with Gasteiger partial charge in [0.15, 0.2) is 0 Å². The number of hydrogen-bond donors (Lipinski definition) is 4. The van der Waals surface area contributed by atoms with Crippen LogP contribution in [0.2, 0.25) is 0 Å². The Labute approximate surface area is 598 Å². The molecule has 12 nitrogen and oxygen atoms in total. The molecular formula is C76H64Cd2Fe2N8O4-12. The Hall–Kier alpha value is -8.24. The Balaban J connectivity index is 0.000000193. The smallest absolute Gasteiger partial charge is 0.137 e. The van der Waals surface area contributed by atoms with E-state index >= 15 is 0 Å². The summed E-state index contributed by atoms with van der Waals surface area (Å²) in [5.74, 6) is 0. The normalized spacial score (nSPS) is 13.3. The first-order valence-electron chi connectivity index (χ1n) is 28.4. The average molecular weight is 1490 g/mol. The van der Waals surface area contributed by atoms with Gasteiger partial charge < -0.3 is 63.0 Å². The zero-order valence-electron chi connectivity index (χ0n) is 50.7. The molecule has 8 heterocycles. The van der Waals surface area contributed by atoms with Crippen molar-refractivity contribution in [2.45, 2.75) is 26.4 Å². The molecule has 8 aliphatic rings. The minimum atomic E-state index is -1.36. The molecule has 464 valence electrons. The third-order valence-corrected chi connectivity index (χ3v) is 13.5. The largest absolute Gasteiger partial charge is 0.665 e. The van der Waals surface area contributed by atoms with Crippen LogP contribution < -0.4 is 41.7 Å². The number of nitrogens with zero attached hydrogens (tertiary/aromatic N) is 8. The summed E-state index contributed by atoms with van der Waals surface area (Å²) in [5, 5.41) is 78.3. The van der Waals surface area contributed by atoms with Gasteiger partial charge in [0, 0.05) is 88.7 Å². The van der Waals surface area contributed by atoms with E-state index in [1.165, 1.54) is 12.2 Å². The monoisotopic (exact) mass is 1490 g/mol. The molecule has 8 aliphatic heterocycles. The Kier molecular flexibility index (Phi) is 32.3. The molecule has 8 aromatic carbocycles. The number of aliphatic hydroxyl groups excluding tert-OH is 2. The Bertz CT molecular complexity index is 3750. The second-order valence-corrected chi connectivity index (χ2v) is 19.7. The molecule has 0 aliphatic carbocycles. The number of allylic oxidation sites excluding steroid dienone is 10. The topological polar surface area (TPSA) is 194 Å². The van der Waals surface area contributed by atoms with Crippen LogP contribution in [0.15, 0.2) is 268 Å². The van der Waals surface area contributed by atoms with Crippen LogP contribution in [0, 0.1) is 0 Å². The number of aliphatic hydroxyl groups is 4. The van der Waals surface area contributed by atoms with Crippen molar-refractivity contribution in [1.29, 1.82) is 0 Å². The average Bonchev–Trinajstić information content (AvgIpc) is 1.03. The van der Waals surface area contributed by atoms with E-state index in [9.17, 15) is 0 Å². The molecule has 0 unspecified atom stereocenters. The summed E-state index contributed by atoms with van der Waals surface area (Å²) in [5.41, 5.74) is 11.6. The predicted octanol–water partition coefficient (Wildman–Crippen LogP) is 14.3. The molecule has 16 rings (SSSR count). The van der Waals surface area contributed by atoms with Gasteiger partial charge in [0.05, 0.1) is 0 Å². The first-order chi connectivity index (χ1) is 43.2. The Morgan fingerprint density at radius 2 is 0.489 bits per heavy atom. The van der Waals surface area contributed by atoms with E-state index in [2.05, 4.69) is 140 Å². The third kappa shape index (κ3) is 22.0. The van der Waals surface area contributed by atoms with E-state index in [1.54, 1.807) is 49.6 Å². The second-order valence-electron chi connectivity index (χ2n) is 19.7. The first-order valence-corrected chi connectivity index (χ1v) is 28.4. The molecule has 0 bridgehead atoms. The zero-order chi connectivity index (χ0) is 61.1. The summed E-state index contributed by atoms with van der Waals surface area (Å²) in [6.07, 6.45) is 46.4. The fourth-order valence-electron chi connectivity index (χ4n) is 9.27. The summed E-state index contributed by atoms with van der Waals surface area (Å²) < 4.78 is 0. The first kappa shape index (κ1) is 74.5. The number of fused-ring (bicyclic) bond motifs is 12. The maximum absolute atomic E-state index is 8.60. The van der Waals surface area contributed by atoms with E-state index in [4.69, 9.17) is 20.4 Å². The summed E-state index contributed by atoms with van der Waals surface area (Å²) in [6.45, 7) is 3.68. The fraction of sp³-hybridized carbons (Fsp3) is 0.0526. The maximum Gasteiger partial charge on any atom is 0.137 e. The van der Waals surface area contributed by atoms with Crippen molar-refractivity contribution in [3.8, 4) is 0 Å². The molecule has 0 radical (unpaired) electrons. The predicted molar refractivity (Wildman–Crippen MR) is 368 cm³/mol. The van der Waals surface area contributed by atoms with Crippen LogP contribution in [0.5, 0.6) is 0 Å². The third-order valence-electron chi connectivity index (χ3n) is 13.5. The van der Waals surface area contributed by atoms with Crippen molar-refractivity contribution in [2.75, 3.05) is 0 Å². The van der Waals surface area contributed by atoms with Crippen molar-refractivity contribution in [3.63, 3.8) is 0 Å². The molecule has 4 N–H and O–H groups in total. The summed E-state index contributed by atoms with van der Waals surface area (Å²) in [7, 11) is 0. The molecule has 0 saturated carbocycles. The van der Waals surface area contributed by atoms with Gasteiger partial charge in [-0.05, 0) is 41.7 Å². The van der Waals surface area contributed by atoms with Crippen LogP contribution in [0.1, 0.15) is 25.0 Å².